The van der Waals surface area contributed by atoms with Crippen molar-refractivity contribution in [3.63, 3.8) is 0 Å². The summed E-state index contributed by atoms with van der Waals surface area (Å²) in [4.78, 5) is 0. The Labute approximate surface area is 122 Å². The van der Waals surface area contributed by atoms with Gasteiger partial charge in [-0.25, -0.2) is 0 Å². The van der Waals surface area contributed by atoms with Crippen molar-refractivity contribution in [2.75, 3.05) is 21.1 Å². The Morgan fingerprint density at radius 2 is 1.65 bits per heavy atom. The van der Waals surface area contributed by atoms with Gasteiger partial charge in [0.25, 0.3) is 10.2 Å². The van der Waals surface area contributed by atoms with Gasteiger partial charge in [0.2, 0.25) is 0 Å². The molecule has 0 radical (unpaired) electrons. The van der Waals surface area contributed by atoms with Crippen LogP contribution >= 0.6 is 0 Å². The van der Waals surface area contributed by atoms with E-state index in [1.165, 1.54) is 15.4 Å². The SMILES string of the molecule is Cc1ccc([C@@H]2CCC[C@H]2N(C)S(=O)(=O)N(C)C)cc1. The van der Waals surface area contributed by atoms with Crippen LogP contribution in [0.15, 0.2) is 24.3 Å². The maximum Gasteiger partial charge on any atom is 0.281 e. The van der Waals surface area contributed by atoms with Crippen LogP contribution < -0.4 is 0 Å². The highest BCUT2D eigenvalue weighted by molar-refractivity contribution is 7.86. The molecule has 0 amide bonds. The molecule has 20 heavy (non-hydrogen) atoms. The van der Waals surface area contributed by atoms with Gasteiger partial charge in [0.1, 0.15) is 0 Å². The average Bonchev–Trinajstić information content (AvgIpc) is 2.87. The predicted molar refractivity (Wildman–Crippen MR) is 81.9 cm³/mol. The Hall–Kier alpha value is -0.910. The van der Waals surface area contributed by atoms with E-state index in [2.05, 4.69) is 31.2 Å². The fraction of sp³-hybridized carbons (Fsp3) is 0.600. The molecular formula is C15H24N2O2S. The summed E-state index contributed by atoms with van der Waals surface area (Å²) in [7, 11) is 1.53. The summed E-state index contributed by atoms with van der Waals surface area (Å²) >= 11 is 0. The molecule has 0 spiro atoms. The van der Waals surface area contributed by atoms with E-state index in [0.717, 1.165) is 19.3 Å². The Kier molecular flexibility index (Phi) is 4.52. The first kappa shape index (κ1) is 15.5. The lowest BCUT2D eigenvalue weighted by Gasteiger charge is -2.31. The Balaban J connectivity index is 2.25. The molecule has 112 valence electrons. The highest BCUT2D eigenvalue weighted by Gasteiger charge is 2.37. The predicted octanol–water partition coefficient (Wildman–Crippen LogP) is 2.37. The van der Waals surface area contributed by atoms with Crippen LogP contribution in [-0.4, -0.2) is 44.2 Å². The Bertz CT molecular complexity index is 552. The van der Waals surface area contributed by atoms with Crippen LogP contribution in [0.25, 0.3) is 0 Å². The summed E-state index contributed by atoms with van der Waals surface area (Å²) in [5, 5.41) is 0. The molecule has 4 nitrogen and oxygen atoms in total. The van der Waals surface area contributed by atoms with Crippen LogP contribution in [0.4, 0.5) is 0 Å². The van der Waals surface area contributed by atoms with E-state index in [4.69, 9.17) is 0 Å². The minimum Gasteiger partial charge on any atom is -0.195 e. The second-order valence-corrected chi connectivity index (χ2v) is 8.02. The molecule has 0 N–H and O–H groups in total. The topological polar surface area (TPSA) is 40.6 Å². The number of nitrogens with zero attached hydrogens (tertiary/aromatic N) is 2. The Morgan fingerprint density at radius 3 is 2.20 bits per heavy atom. The number of hydrogen-bond acceptors (Lipinski definition) is 2. The maximum absolute atomic E-state index is 12.3. The largest absolute Gasteiger partial charge is 0.281 e. The van der Waals surface area contributed by atoms with Crippen molar-refractivity contribution in [1.82, 2.24) is 8.61 Å². The van der Waals surface area contributed by atoms with Gasteiger partial charge >= 0.3 is 0 Å². The average molecular weight is 296 g/mol. The Morgan fingerprint density at radius 1 is 1.05 bits per heavy atom. The summed E-state index contributed by atoms with van der Waals surface area (Å²) in [6, 6.07) is 8.53. The van der Waals surface area contributed by atoms with Gasteiger partial charge in [0.05, 0.1) is 0 Å². The second-order valence-electron chi connectivity index (χ2n) is 5.82. The number of benzene rings is 1. The first-order valence-corrected chi connectivity index (χ1v) is 8.46. The van der Waals surface area contributed by atoms with E-state index in [0.29, 0.717) is 5.92 Å². The smallest absolute Gasteiger partial charge is 0.195 e. The molecular weight excluding hydrogens is 272 g/mol. The minimum atomic E-state index is -3.34. The van der Waals surface area contributed by atoms with E-state index < -0.39 is 10.2 Å². The number of aryl methyl sites for hydroxylation is 1. The number of rotatable bonds is 4. The summed E-state index contributed by atoms with van der Waals surface area (Å²) in [5.41, 5.74) is 2.48. The van der Waals surface area contributed by atoms with Crippen molar-refractivity contribution < 1.29 is 8.42 Å². The van der Waals surface area contributed by atoms with Gasteiger partial charge in [-0.3, -0.25) is 0 Å². The third-order valence-electron chi connectivity index (χ3n) is 4.28. The monoisotopic (exact) mass is 296 g/mol. The third kappa shape index (κ3) is 2.90. The first-order valence-electron chi connectivity index (χ1n) is 7.06. The highest BCUT2D eigenvalue weighted by Crippen LogP contribution is 2.38. The quantitative estimate of drug-likeness (QED) is 0.856. The maximum atomic E-state index is 12.3. The van der Waals surface area contributed by atoms with Crippen molar-refractivity contribution in [2.45, 2.75) is 38.1 Å². The zero-order chi connectivity index (χ0) is 14.9. The van der Waals surface area contributed by atoms with E-state index >= 15 is 0 Å². The molecule has 5 heteroatoms. The van der Waals surface area contributed by atoms with Gasteiger partial charge in [0.15, 0.2) is 0 Å². The van der Waals surface area contributed by atoms with Crippen LogP contribution in [0.5, 0.6) is 0 Å². The van der Waals surface area contributed by atoms with Gasteiger partial charge in [-0.2, -0.15) is 17.0 Å². The highest BCUT2D eigenvalue weighted by atomic mass is 32.2. The van der Waals surface area contributed by atoms with Crippen LogP contribution in [0.3, 0.4) is 0 Å². The van der Waals surface area contributed by atoms with Crippen LogP contribution in [-0.2, 0) is 10.2 Å². The lowest BCUT2D eigenvalue weighted by molar-refractivity contribution is 0.324. The van der Waals surface area contributed by atoms with Crippen LogP contribution in [0, 0.1) is 6.92 Å². The van der Waals surface area contributed by atoms with E-state index in [1.807, 2.05) is 0 Å². The summed E-state index contributed by atoms with van der Waals surface area (Å²) in [6.07, 6.45) is 3.07. The van der Waals surface area contributed by atoms with E-state index in [1.54, 1.807) is 25.4 Å². The molecule has 0 heterocycles. The lowest BCUT2D eigenvalue weighted by Crippen LogP contribution is -2.44. The molecule has 1 aromatic rings. The second kappa shape index (κ2) is 5.84. The van der Waals surface area contributed by atoms with Gasteiger partial charge < -0.3 is 0 Å². The molecule has 1 aromatic carbocycles. The molecule has 0 aromatic heterocycles. The van der Waals surface area contributed by atoms with Crippen LogP contribution in [0.2, 0.25) is 0 Å². The molecule has 0 aliphatic heterocycles. The molecule has 1 aliphatic rings. The molecule has 0 unspecified atom stereocenters. The van der Waals surface area contributed by atoms with E-state index in [-0.39, 0.29) is 6.04 Å². The standard InChI is InChI=1S/C15H24N2O2S/c1-12-8-10-13(11-9-12)14-6-5-7-15(14)17(4)20(18,19)16(2)3/h8-11,14-15H,5-7H2,1-4H3/t14-,15+/m0/s1. The number of hydrogen-bond donors (Lipinski definition) is 0. The molecule has 1 saturated carbocycles. The minimum absolute atomic E-state index is 0.0603. The van der Waals surface area contributed by atoms with Crippen molar-refractivity contribution in [3.05, 3.63) is 35.4 Å². The van der Waals surface area contributed by atoms with E-state index in [9.17, 15) is 8.42 Å². The van der Waals surface area contributed by atoms with Crippen molar-refractivity contribution in [1.29, 1.82) is 0 Å². The molecule has 0 saturated heterocycles. The van der Waals surface area contributed by atoms with Gasteiger partial charge in [-0.1, -0.05) is 36.2 Å². The summed E-state index contributed by atoms with van der Waals surface area (Å²) in [5.74, 6) is 0.301. The molecule has 2 rings (SSSR count). The third-order valence-corrected chi connectivity index (χ3v) is 6.20. The van der Waals surface area contributed by atoms with Crippen molar-refractivity contribution in [3.8, 4) is 0 Å². The van der Waals surface area contributed by atoms with Gasteiger partial charge in [-0.05, 0) is 25.3 Å². The lowest BCUT2D eigenvalue weighted by atomic mass is 9.93. The summed E-state index contributed by atoms with van der Waals surface area (Å²) in [6.45, 7) is 2.07. The molecule has 1 fully saturated rings. The zero-order valence-electron chi connectivity index (χ0n) is 12.7. The molecule has 1 aliphatic carbocycles. The zero-order valence-corrected chi connectivity index (χ0v) is 13.5. The molecule has 0 bridgehead atoms. The van der Waals surface area contributed by atoms with Crippen molar-refractivity contribution >= 4 is 10.2 Å². The van der Waals surface area contributed by atoms with Gasteiger partial charge in [0, 0.05) is 33.1 Å². The van der Waals surface area contributed by atoms with Crippen molar-refractivity contribution in [2.24, 2.45) is 0 Å². The fourth-order valence-corrected chi connectivity index (χ4v) is 4.12. The van der Waals surface area contributed by atoms with Gasteiger partial charge in [-0.15, -0.1) is 0 Å². The van der Waals surface area contributed by atoms with Crippen LogP contribution in [0.1, 0.15) is 36.3 Å². The molecule has 2 atom stereocenters. The fourth-order valence-electron chi connectivity index (χ4n) is 3.01. The number of likely N-dealkylation sites (N-methyl/N-ethyl adjacent to an activating group) is 1. The first-order chi connectivity index (χ1) is 9.34. The summed E-state index contributed by atoms with van der Waals surface area (Å²) < 4.78 is 27.4. The normalized spacial score (nSPS) is 23.7.